The zero-order chi connectivity index (χ0) is 11.1. The topological polar surface area (TPSA) is 24.2 Å². The summed E-state index contributed by atoms with van der Waals surface area (Å²) in [6.07, 6.45) is 0.876. The van der Waals surface area contributed by atoms with Crippen LogP contribution in [-0.2, 0) is 11.3 Å². The van der Waals surface area contributed by atoms with Gasteiger partial charge in [0.25, 0.3) is 12.2 Å². The van der Waals surface area contributed by atoms with Crippen LogP contribution in [0, 0.1) is 0 Å². The summed E-state index contributed by atoms with van der Waals surface area (Å²) < 4.78 is 2.14. The maximum atomic E-state index is 10.9. The Kier molecular flexibility index (Phi) is 2.07. The van der Waals surface area contributed by atoms with Gasteiger partial charge in [0, 0.05) is 16.5 Å². The fourth-order valence-corrected chi connectivity index (χ4v) is 2.38. The van der Waals surface area contributed by atoms with Gasteiger partial charge >= 0.3 is 0 Å². The van der Waals surface area contributed by atoms with Crippen LogP contribution in [0.25, 0.3) is 10.9 Å². The first-order valence-electron chi connectivity index (χ1n) is 5.13. The number of hydrogen-bond acceptors (Lipinski definition) is 1. The van der Waals surface area contributed by atoms with Crippen molar-refractivity contribution in [3.63, 3.8) is 0 Å². The van der Waals surface area contributed by atoms with Crippen LogP contribution in [0.2, 0.25) is 5.02 Å². The second-order valence-corrected chi connectivity index (χ2v) is 4.28. The molecule has 0 spiro atoms. The lowest BCUT2D eigenvalue weighted by atomic mass is 10.2. The maximum absolute atomic E-state index is 10.9. The van der Waals surface area contributed by atoms with E-state index in [1.807, 2.05) is 30.3 Å². The molecule has 16 heavy (non-hydrogen) atoms. The molecule has 0 radical (unpaired) electrons. The van der Waals surface area contributed by atoms with Crippen molar-refractivity contribution in [3.8, 4) is 0 Å². The number of hydrogen-bond donors (Lipinski definition) is 0. The summed E-state index contributed by atoms with van der Waals surface area (Å²) in [6.45, 7) is 1.58. The molecule has 0 fully saturated rings. The number of aromatic nitrogens is 1. The number of carbonyl (C=O) groups is 1. The highest BCUT2D eigenvalue weighted by molar-refractivity contribution is 6.31. The summed E-state index contributed by atoms with van der Waals surface area (Å²) in [5, 5.41) is 1.84. The molecule has 2 aromatic rings. The van der Waals surface area contributed by atoms with Gasteiger partial charge in [-0.05, 0) is 24.3 Å². The minimum absolute atomic E-state index is 0.735. The lowest BCUT2D eigenvalue weighted by Crippen LogP contribution is -2.32. The van der Waals surface area contributed by atoms with E-state index < -0.39 is 0 Å². The van der Waals surface area contributed by atoms with E-state index in [1.165, 1.54) is 0 Å². The van der Waals surface area contributed by atoms with Crippen LogP contribution in [0.15, 0.2) is 30.3 Å². The Morgan fingerprint density at radius 1 is 1.31 bits per heavy atom. The summed E-state index contributed by atoms with van der Waals surface area (Å²) in [7, 11) is 0. The predicted molar refractivity (Wildman–Crippen MR) is 62.6 cm³/mol. The lowest BCUT2D eigenvalue weighted by molar-refractivity contribution is -0.644. The normalized spacial score (nSPS) is 14.2. The number of pyridine rings is 1. The van der Waals surface area contributed by atoms with Gasteiger partial charge in [-0.3, -0.25) is 4.79 Å². The predicted octanol–water partition coefficient (Wildman–Crippen LogP) is 1.76. The number of benzene rings is 1. The van der Waals surface area contributed by atoms with Gasteiger partial charge in [0.1, 0.15) is 18.6 Å². The molecule has 0 atom stereocenters. The Labute approximate surface area is 97.9 Å². The first-order valence-corrected chi connectivity index (χ1v) is 5.51. The van der Waals surface area contributed by atoms with Gasteiger partial charge in [0.2, 0.25) is 0 Å². The van der Waals surface area contributed by atoms with Crippen LogP contribution in [0.1, 0.15) is 0 Å². The highest BCUT2D eigenvalue weighted by Gasteiger charge is 2.28. The molecule has 3 rings (SSSR count). The molecule has 3 nitrogen and oxygen atoms in total. The number of anilines is 1. The van der Waals surface area contributed by atoms with E-state index in [0.717, 1.165) is 41.2 Å². The van der Waals surface area contributed by atoms with Gasteiger partial charge < -0.3 is 0 Å². The van der Waals surface area contributed by atoms with Crippen molar-refractivity contribution in [2.24, 2.45) is 0 Å². The molecule has 1 aromatic carbocycles. The molecule has 0 bridgehead atoms. The van der Waals surface area contributed by atoms with Crippen molar-refractivity contribution in [1.29, 1.82) is 0 Å². The van der Waals surface area contributed by atoms with Gasteiger partial charge in [-0.2, -0.15) is 4.90 Å². The van der Waals surface area contributed by atoms with Gasteiger partial charge in [-0.1, -0.05) is 11.6 Å². The van der Waals surface area contributed by atoms with Crippen LogP contribution in [0.4, 0.5) is 5.82 Å². The Morgan fingerprint density at radius 2 is 2.19 bits per heavy atom. The van der Waals surface area contributed by atoms with Crippen molar-refractivity contribution in [3.05, 3.63) is 35.4 Å². The minimum Gasteiger partial charge on any atom is -0.251 e. The first-order chi connectivity index (χ1) is 7.79. The molecule has 80 valence electrons. The molecular formula is C12H10ClN2O+. The Bertz CT molecular complexity index is 582. The zero-order valence-corrected chi connectivity index (χ0v) is 9.31. The van der Waals surface area contributed by atoms with E-state index in [4.69, 9.17) is 11.6 Å². The van der Waals surface area contributed by atoms with Crippen molar-refractivity contribution in [2.75, 3.05) is 11.4 Å². The molecule has 0 unspecified atom stereocenters. The number of rotatable bonds is 1. The Balaban J connectivity index is 2.30. The third-order valence-corrected chi connectivity index (χ3v) is 3.19. The van der Waals surface area contributed by atoms with Crippen LogP contribution in [-0.4, -0.2) is 13.0 Å². The smallest absolute Gasteiger partial charge is 0.251 e. The highest BCUT2D eigenvalue weighted by atomic mass is 35.5. The monoisotopic (exact) mass is 233 g/mol. The van der Waals surface area contributed by atoms with Gasteiger partial charge in [0.15, 0.2) is 0 Å². The number of halogens is 1. The molecule has 4 heteroatoms. The van der Waals surface area contributed by atoms with Crippen LogP contribution >= 0.6 is 11.6 Å². The molecule has 1 aliphatic rings. The quantitative estimate of drug-likeness (QED) is 0.544. The summed E-state index contributed by atoms with van der Waals surface area (Å²) in [5.41, 5.74) is 1.12. The van der Waals surface area contributed by atoms with E-state index >= 15 is 0 Å². The SMILES string of the molecule is O=CN1CC[n+]2c1ccc1cc(Cl)ccc12. The second-order valence-electron chi connectivity index (χ2n) is 3.85. The molecule has 2 heterocycles. The minimum atomic E-state index is 0.735. The fraction of sp³-hybridized carbons (Fsp3) is 0.167. The van der Waals surface area contributed by atoms with Gasteiger partial charge in [-0.15, -0.1) is 0 Å². The number of amides is 1. The summed E-state index contributed by atoms with van der Waals surface area (Å²) in [6, 6.07) is 9.76. The second kappa shape index (κ2) is 3.46. The van der Waals surface area contributed by atoms with Crippen molar-refractivity contribution < 1.29 is 9.36 Å². The third-order valence-electron chi connectivity index (χ3n) is 2.95. The molecule has 0 saturated heterocycles. The number of fused-ring (bicyclic) bond motifs is 3. The number of nitrogens with zero attached hydrogens (tertiary/aromatic N) is 2. The van der Waals surface area contributed by atoms with E-state index in [1.54, 1.807) is 4.90 Å². The molecule has 1 aliphatic heterocycles. The zero-order valence-electron chi connectivity index (χ0n) is 8.56. The standard InChI is InChI=1S/C12H10ClN2O/c13-10-2-3-11-9(7-10)1-4-12-14(8-16)5-6-15(11)12/h1-4,7-8H,5-6H2/q+1. The molecule has 0 saturated carbocycles. The van der Waals surface area contributed by atoms with Crippen molar-refractivity contribution in [2.45, 2.75) is 6.54 Å². The van der Waals surface area contributed by atoms with E-state index in [2.05, 4.69) is 4.57 Å². The summed E-state index contributed by atoms with van der Waals surface area (Å²) in [4.78, 5) is 12.6. The molecule has 0 N–H and O–H groups in total. The summed E-state index contributed by atoms with van der Waals surface area (Å²) in [5.74, 6) is 0.949. The average Bonchev–Trinajstić information content (AvgIpc) is 2.71. The van der Waals surface area contributed by atoms with Crippen molar-refractivity contribution >= 4 is 34.7 Å². The van der Waals surface area contributed by atoms with Crippen LogP contribution < -0.4 is 9.47 Å². The third kappa shape index (κ3) is 1.28. The Hall–Kier alpha value is -1.61. The average molecular weight is 234 g/mol. The summed E-state index contributed by atoms with van der Waals surface area (Å²) >= 11 is 5.95. The molecule has 1 aromatic heterocycles. The largest absolute Gasteiger partial charge is 0.297 e. The molecular weight excluding hydrogens is 224 g/mol. The molecule has 0 aliphatic carbocycles. The highest BCUT2D eigenvalue weighted by Crippen LogP contribution is 2.21. The fourth-order valence-electron chi connectivity index (χ4n) is 2.20. The van der Waals surface area contributed by atoms with Crippen LogP contribution in [0.3, 0.4) is 0 Å². The first kappa shape index (κ1) is 9.60. The molecule has 1 amide bonds. The Morgan fingerprint density at radius 3 is 3.00 bits per heavy atom. The number of carbonyl (C=O) groups excluding carboxylic acids is 1. The van der Waals surface area contributed by atoms with Gasteiger partial charge in [-0.25, -0.2) is 4.57 Å². The van der Waals surface area contributed by atoms with Crippen LogP contribution in [0.5, 0.6) is 0 Å². The lowest BCUT2D eigenvalue weighted by Gasteiger charge is -2.03. The van der Waals surface area contributed by atoms with Crippen molar-refractivity contribution in [1.82, 2.24) is 0 Å². The van der Waals surface area contributed by atoms with Gasteiger partial charge in [0.05, 0.1) is 0 Å². The van der Waals surface area contributed by atoms with E-state index in [9.17, 15) is 4.79 Å². The van der Waals surface area contributed by atoms with E-state index in [0.29, 0.717) is 0 Å². The maximum Gasteiger partial charge on any atom is 0.297 e. The van der Waals surface area contributed by atoms with E-state index in [-0.39, 0.29) is 0 Å².